The average molecular weight is 481 g/mol. The van der Waals surface area contributed by atoms with Crippen LogP contribution >= 0.6 is 15.9 Å². The van der Waals surface area contributed by atoms with E-state index in [-0.39, 0.29) is 18.5 Å². The fourth-order valence-corrected chi connectivity index (χ4v) is 4.72. The zero-order valence-electron chi connectivity index (χ0n) is 16.9. The van der Waals surface area contributed by atoms with Gasteiger partial charge in [0.1, 0.15) is 17.9 Å². The summed E-state index contributed by atoms with van der Waals surface area (Å²) in [5, 5.41) is 3.00. The van der Waals surface area contributed by atoms with E-state index in [1.54, 1.807) is 24.3 Å². The maximum atomic E-state index is 12.8. The molecule has 1 aliphatic rings. The van der Waals surface area contributed by atoms with Crippen LogP contribution in [0.4, 0.5) is 5.69 Å². The van der Waals surface area contributed by atoms with E-state index in [0.29, 0.717) is 12.1 Å². The average Bonchev–Trinajstić information content (AvgIpc) is 2.57. The fourth-order valence-electron chi connectivity index (χ4n) is 3.49. The normalized spacial score (nSPS) is 17.8. The minimum atomic E-state index is -3.63. The standard InChI is InChI=1S/C21H25BrN2O4S/c1-14-8-9-17-18(12-21(2,3)28-19(17)10-14)23-20(25)13-24(29(4,26)27)16-7-5-6-15(22)11-16/h5-11,18H,12-13H2,1-4H3,(H,23,25). The summed E-state index contributed by atoms with van der Waals surface area (Å²) in [7, 11) is -3.63. The van der Waals surface area contributed by atoms with Crippen molar-refractivity contribution in [3.05, 3.63) is 58.1 Å². The zero-order valence-corrected chi connectivity index (χ0v) is 19.3. The molecule has 0 aliphatic carbocycles. The molecule has 0 radical (unpaired) electrons. The van der Waals surface area contributed by atoms with Crippen LogP contribution in [0.2, 0.25) is 0 Å². The van der Waals surface area contributed by atoms with Gasteiger partial charge in [-0.3, -0.25) is 9.10 Å². The first-order valence-electron chi connectivity index (χ1n) is 9.27. The number of halogens is 1. The molecule has 0 saturated heterocycles. The molecular formula is C21H25BrN2O4S. The number of rotatable bonds is 5. The van der Waals surface area contributed by atoms with Crippen LogP contribution in [-0.2, 0) is 14.8 Å². The van der Waals surface area contributed by atoms with Crippen LogP contribution in [0, 0.1) is 6.92 Å². The number of fused-ring (bicyclic) bond motifs is 1. The highest BCUT2D eigenvalue weighted by Crippen LogP contribution is 2.39. The van der Waals surface area contributed by atoms with E-state index in [9.17, 15) is 13.2 Å². The lowest BCUT2D eigenvalue weighted by molar-refractivity contribution is -0.120. The first-order chi connectivity index (χ1) is 13.4. The predicted octanol–water partition coefficient (Wildman–Crippen LogP) is 3.94. The number of nitrogens with zero attached hydrogens (tertiary/aromatic N) is 1. The Kier molecular flexibility index (Phi) is 5.96. The molecule has 1 aliphatic heterocycles. The van der Waals surface area contributed by atoms with E-state index in [4.69, 9.17) is 4.74 Å². The minimum Gasteiger partial charge on any atom is -0.487 e. The second-order valence-electron chi connectivity index (χ2n) is 7.98. The molecule has 0 fully saturated rings. The van der Waals surface area contributed by atoms with Gasteiger partial charge in [-0.15, -0.1) is 0 Å². The van der Waals surface area contributed by atoms with Gasteiger partial charge in [-0.1, -0.05) is 34.1 Å². The highest BCUT2D eigenvalue weighted by atomic mass is 79.9. The first-order valence-corrected chi connectivity index (χ1v) is 11.9. The van der Waals surface area contributed by atoms with Crippen molar-refractivity contribution in [3.8, 4) is 5.75 Å². The summed E-state index contributed by atoms with van der Waals surface area (Å²) < 4.78 is 32.5. The van der Waals surface area contributed by atoms with E-state index in [1.165, 1.54) is 0 Å². The second-order valence-corrected chi connectivity index (χ2v) is 10.8. The molecular weight excluding hydrogens is 456 g/mol. The summed E-state index contributed by atoms with van der Waals surface area (Å²) in [5.74, 6) is 0.378. The van der Waals surface area contributed by atoms with Crippen molar-refractivity contribution in [2.75, 3.05) is 17.1 Å². The van der Waals surface area contributed by atoms with E-state index in [2.05, 4.69) is 21.2 Å². The number of carbonyl (C=O) groups excluding carboxylic acids is 1. The Morgan fingerprint density at radius 1 is 1.28 bits per heavy atom. The Hall–Kier alpha value is -2.06. The molecule has 1 heterocycles. The molecule has 0 spiro atoms. The summed E-state index contributed by atoms with van der Waals surface area (Å²) in [6.45, 7) is 5.64. The largest absolute Gasteiger partial charge is 0.487 e. The number of carbonyl (C=O) groups is 1. The van der Waals surface area contributed by atoms with Crippen LogP contribution in [0.1, 0.15) is 37.4 Å². The number of anilines is 1. The van der Waals surface area contributed by atoms with E-state index in [1.807, 2.05) is 39.0 Å². The van der Waals surface area contributed by atoms with Crippen molar-refractivity contribution in [1.82, 2.24) is 5.32 Å². The number of hydrogen-bond donors (Lipinski definition) is 1. The molecule has 0 saturated carbocycles. The van der Waals surface area contributed by atoms with Gasteiger partial charge in [-0.25, -0.2) is 8.42 Å². The third kappa shape index (κ3) is 5.30. The Bertz CT molecular complexity index is 1040. The summed E-state index contributed by atoms with van der Waals surface area (Å²) >= 11 is 3.34. The van der Waals surface area contributed by atoms with Crippen molar-refractivity contribution in [2.24, 2.45) is 0 Å². The van der Waals surface area contributed by atoms with Gasteiger partial charge in [-0.05, 0) is 50.6 Å². The maximum absolute atomic E-state index is 12.8. The van der Waals surface area contributed by atoms with Gasteiger partial charge in [0, 0.05) is 16.5 Å². The molecule has 1 N–H and O–H groups in total. The lowest BCUT2D eigenvalue weighted by atomic mass is 9.89. The molecule has 0 bridgehead atoms. The third-order valence-electron chi connectivity index (χ3n) is 4.75. The molecule has 1 atom stereocenters. The zero-order chi connectivity index (χ0) is 21.4. The third-order valence-corrected chi connectivity index (χ3v) is 6.38. The minimum absolute atomic E-state index is 0.259. The van der Waals surface area contributed by atoms with Gasteiger partial charge >= 0.3 is 0 Å². The lowest BCUT2D eigenvalue weighted by Gasteiger charge is -2.38. The van der Waals surface area contributed by atoms with Gasteiger partial charge in [0.15, 0.2) is 0 Å². The van der Waals surface area contributed by atoms with Crippen molar-refractivity contribution >= 4 is 37.5 Å². The smallest absolute Gasteiger partial charge is 0.241 e. The van der Waals surface area contributed by atoms with Gasteiger partial charge in [-0.2, -0.15) is 0 Å². The Morgan fingerprint density at radius 3 is 2.66 bits per heavy atom. The van der Waals surface area contributed by atoms with E-state index >= 15 is 0 Å². The van der Waals surface area contributed by atoms with Crippen LogP contribution < -0.4 is 14.4 Å². The van der Waals surface area contributed by atoms with Crippen molar-refractivity contribution in [2.45, 2.75) is 38.8 Å². The van der Waals surface area contributed by atoms with Gasteiger partial charge in [0.05, 0.1) is 18.0 Å². The molecule has 8 heteroatoms. The van der Waals surface area contributed by atoms with Crippen molar-refractivity contribution < 1.29 is 17.9 Å². The molecule has 0 aromatic heterocycles. The maximum Gasteiger partial charge on any atom is 0.241 e. The molecule has 1 amide bonds. The Labute approximate surface area is 180 Å². The first kappa shape index (κ1) is 21.6. The molecule has 1 unspecified atom stereocenters. The van der Waals surface area contributed by atoms with Crippen LogP contribution in [0.5, 0.6) is 5.75 Å². The number of sulfonamides is 1. The monoisotopic (exact) mass is 480 g/mol. The molecule has 6 nitrogen and oxygen atoms in total. The number of hydrogen-bond acceptors (Lipinski definition) is 4. The summed E-state index contributed by atoms with van der Waals surface area (Å²) in [5.41, 5.74) is 1.96. The fraction of sp³-hybridized carbons (Fsp3) is 0.381. The van der Waals surface area contributed by atoms with Crippen LogP contribution in [0.25, 0.3) is 0 Å². The summed E-state index contributed by atoms with van der Waals surface area (Å²) in [6.07, 6.45) is 1.68. The summed E-state index contributed by atoms with van der Waals surface area (Å²) in [6, 6.07) is 12.5. The van der Waals surface area contributed by atoms with Gasteiger partial charge < -0.3 is 10.1 Å². The highest BCUT2D eigenvalue weighted by Gasteiger charge is 2.35. The topological polar surface area (TPSA) is 75.7 Å². The van der Waals surface area contributed by atoms with Gasteiger partial charge in [0.25, 0.3) is 0 Å². The second kappa shape index (κ2) is 7.99. The number of nitrogens with one attached hydrogen (secondary N) is 1. The molecule has 156 valence electrons. The molecule has 29 heavy (non-hydrogen) atoms. The molecule has 3 rings (SSSR count). The number of aryl methyl sites for hydroxylation is 1. The lowest BCUT2D eigenvalue weighted by Crippen LogP contribution is -2.45. The SMILES string of the molecule is Cc1ccc2c(c1)OC(C)(C)CC2NC(=O)CN(c1cccc(Br)c1)S(C)(=O)=O. The molecule has 2 aromatic carbocycles. The quantitative estimate of drug-likeness (QED) is 0.702. The predicted molar refractivity (Wildman–Crippen MR) is 118 cm³/mol. The number of ether oxygens (including phenoxy) is 1. The van der Waals surface area contributed by atoms with E-state index in [0.717, 1.165) is 31.9 Å². The number of amides is 1. The Balaban J connectivity index is 1.84. The van der Waals surface area contributed by atoms with E-state index < -0.39 is 15.6 Å². The van der Waals surface area contributed by atoms with Crippen LogP contribution in [0.15, 0.2) is 46.9 Å². The molecule has 2 aromatic rings. The van der Waals surface area contributed by atoms with Crippen molar-refractivity contribution in [3.63, 3.8) is 0 Å². The number of benzene rings is 2. The van der Waals surface area contributed by atoms with Crippen LogP contribution in [-0.4, -0.2) is 32.7 Å². The highest BCUT2D eigenvalue weighted by molar-refractivity contribution is 9.10. The van der Waals surface area contributed by atoms with Gasteiger partial charge in [0.2, 0.25) is 15.9 Å². The van der Waals surface area contributed by atoms with Crippen LogP contribution in [0.3, 0.4) is 0 Å². The Morgan fingerprint density at radius 2 is 2.00 bits per heavy atom. The summed E-state index contributed by atoms with van der Waals surface area (Å²) in [4.78, 5) is 12.8. The van der Waals surface area contributed by atoms with Crippen molar-refractivity contribution in [1.29, 1.82) is 0 Å².